The van der Waals surface area contributed by atoms with E-state index < -0.39 is 11.8 Å². The van der Waals surface area contributed by atoms with Gasteiger partial charge in [-0.25, -0.2) is 9.78 Å². The first kappa shape index (κ1) is 16.5. The predicted molar refractivity (Wildman–Crippen MR) is 77.0 cm³/mol. The number of carbonyl (C=O) groups is 2. The number of ketones is 1. The van der Waals surface area contributed by atoms with E-state index >= 15 is 0 Å². The van der Waals surface area contributed by atoms with Gasteiger partial charge in [0.2, 0.25) is 5.78 Å². The molecule has 1 heterocycles. The van der Waals surface area contributed by atoms with Crippen LogP contribution >= 0.6 is 23.2 Å². The molecule has 0 saturated heterocycles. The number of nitrogens with one attached hydrogen (secondary N) is 1. The fourth-order valence-corrected chi connectivity index (χ4v) is 1.67. The Morgan fingerprint density at radius 2 is 2.05 bits per heavy atom. The van der Waals surface area contributed by atoms with Crippen LogP contribution in [0.2, 0.25) is 10.2 Å². The second-order valence-electron chi connectivity index (χ2n) is 3.63. The zero-order valence-corrected chi connectivity index (χ0v) is 12.6. The third-order valence-electron chi connectivity index (χ3n) is 2.22. The summed E-state index contributed by atoms with van der Waals surface area (Å²) < 4.78 is 4.84. The Kier molecular flexibility index (Phi) is 6.48. The summed E-state index contributed by atoms with van der Waals surface area (Å²) in [4.78, 5) is 28.0. The van der Waals surface area contributed by atoms with Crippen molar-refractivity contribution in [1.82, 2.24) is 10.3 Å². The zero-order chi connectivity index (χ0) is 15.1. The van der Waals surface area contributed by atoms with Gasteiger partial charge in [-0.15, -0.1) is 0 Å². The van der Waals surface area contributed by atoms with Crippen molar-refractivity contribution in [3.05, 3.63) is 39.8 Å². The second-order valence-corrected chi connectivity index (χ2v) is 4.42. The number of hydrogen-bond acceptors (Lipinski definition) is 5. The Bertz CT molecular complexity index is 544. The number of pyridine rings is 1. The second kappa shape index (κ2) is 7.87. The van der Waals surface area contributed by atoms with Crippen molar-refractivity contribution in [2.45, 2.75) is 13.8 Å². The van der Waals surface area contributed by atoms with Crippen LogP contribution < -0.4 is 5.32 Å². The van der Waals surface area contributed by atoms with Crippen molar-refractivity contribution in [2.24, 2.45) is 0 Å². The Hall–Kier alpha value is -1.59. The number of aromatic nitrogens is 1. The van der Waals surface area contributed by atoms with Crippen LogP contribution in [0.5, 0.6) is 0 Å². The van der Waals surface area contributed by atoms with Gasteiger partial charge in [0.15, 0.2) is 0 Å². The molecule has 0 atom stereocenters. The predicted octanol–water partition coefficient (Wildman–Crippen LogP) is 2.63. The van der Waals surface area contributed by atoms with Crippen molar-refractivity contribution < 1.29 is 14.3 Å². The first-order valence-electron chi connectivity index (χ1n) is 5.98. The third-order valence-corrected chi connectivity index (χ3v) is 2.73. The van der Waals surface area contributed by atoms with E-state index in [-0.39, 0.29) is 28.0 Å². The molecular formula is C13H14Cl2N2O3. The smallest absolute Gasteiger partial charge is 0.343 e. The first-order chi connectivity index (χ1) is 9.51. The molecule has 0 fully saturated rings. The van der Waals surface area contributed by atoms with Crippen LogP contribution in [0.25, 0.3) is 0 Å². The molecule has 0 bridgehead atoms. The van der Waals surface area contributed by atoms with Gasteiger partial charge in [-0.1, -0.05) is 23.2 Å². The molecule has 1 aromatic heterocycles. The minimum absolute atomic E-state index is 0.0867. The lowest BCUT2D eigenvalue weighted by Gasteiger charge is -2.08. The Morgan fingerprint density at radius 3 is 2.65 bits per heavy atom. The molecule has 7 heteroatoms. The topological polar surface area (TPSA) is 68.3 Å². The molecule has 0 aromatic carbocycles. The molecule has 1 aromatic rings. The van der Waals surface area contributed by atoms with Gasteiger partial charge in [0.25, 0.3) is 0 Å². The molecule has 1 N–H and O–H groups in total. The zero-order valence-electron chi connectivity index (χ0n) is 11.1. The average molecular weight is 317 g/mol. The Morgan fingerprint density at radius 1 is 1.35 bits per heavy atom. The number of rotatable bonds is 6. The first-order valence-corrected chi connectivity index (χ1v) is 6.74. The molecule has 0 aliphatic heterocycles. The summed E-state index contributed by atoms with van der Waals surface area (Å²) in [5.74, 6) is -1.38. The largest absolute Gasteiger partial charge is 0.462 e. The molecule has 20 heavy (non-hydrogen) atoms. The highest BCUT2D eigenvalue weighted by Crippen LogP contribution is 2.20. The number of hydrogen-bond donors (Lipinski definition) is 1. The molecule has 0 aliphatic rings. The van der Waals surface area contributed by atoms with Crippen LogP contribution in [0.4, 0.5) is 0 Å². The van der Waals surface area contributed by atoms with Crippen LogP contribution in [0.3, 0.4) is 0 Å². The standard InChI is InChI=1S/C13H14Cl2N2O3/c1-3-16-7-8(13(19)20-4-2)12(18)11-9(14)5-6-10(15)17-11/h5-7,16H,3-4H2,1-2H3. The van der Waals surface area contributed by atoms with Crippen LogP contribution in [0.1, 0.15) is 24.3 Å². The fourth-order valence-electron chi connectivity index (χ4n) is 1.34. The molecule has 0 spiro atoms. The molecule has 0 aliphatic carbocycles. The lowest BCUT2D eigenvalue weighted by molar-refractivity contribution is -0.138. The van der Waals surface area contributed by atoms with E-state index in [1.807, 2.05) is 6.92 Å². The maximum atomic E-state index is 12.3. The summed E-state index contributed by atoms with van der Waals surface area (Å²) in [5, 5.41) is 3.02. The third kappa shape index (κ3) is 4.21. The number of esters is 1. The van der Waals surface area contributed by atoms with Crippen molar-refractivity contribution in [3.63, 3.8) is 0 Å². The fraction of sp³-hybridized carbons (Fsp3) is 0.308. The van der Waals surface area contributed by atoms with Gasteiger partial charge in [-0.05, 0) is 26.0 Å². The van der Waals surface area contributed by atoms with Crippen molar-refractivity contribution >= 4 is 35.0 Å². The van der Waals surface area contributed by atoms with Gasteiger partial charge in [0.1, 0.15) is 16.4 Å². The quantitative estimate of drug-likeness (QED) is 0.218. The molecule has 5 nitrogen and oxygen atoms in total. The van der Waals surface area contributed by atoms with Crippen LogP contribution in [-0.2, 0) is 9.53 Å². The lowest BCUT2D eigenvalue weighted by Crippen LogP contribution is -2.20. The van der Waals surface area contributed by atoms with E-state index in [1.54, 1.807) is 6.92 Å². The maximum Gasteiger partial charge on any atom is 0.343 e. The molecular weight excluding hydrogens is 303 g/mol. The van der Waals surface area contributed by atoms with Gasteiger partial charge in [-0.3, -0.25) is 4.79 Å². The summed E-state index contributed by atoms with van der Waals surface area (Å²) >= 11 is 11.6. The summed E-state index contributed by atoms with van der Waals surface area (Å²) in [6.07, 6.45) is 1.29. The maximum absolute atomic E-state index is 12.3. The summed E-state index contributed by atoms with van der Waals surface area (Å²) in [5.41, 5.74) is -0.262. The minimum atomic E-state index is -0.740. The molecule has 1 rings (SSSR count). The van der Waals surface area contributed by atoms with E-state index in [4.69, 9.17) is 27.9 Å². The van der Waals surface area contributed by atoms with E-state index in [1.165, 1.54) is 18.3 Å². The molecule has 0 radical (unpaired) electrons. The van der Waals surface area contributed by atoms with E-state index in [9.17, 15) is 9.59 Å². The van der Waals surface area contributed by atoms with Gasteiger partial charge in [-0.2, -0.15) is 0 Å². The molecule has 0 unspecified atom stereocenters. The molecule has 0 saturated carbocycles. The number of halogens is 2. The summed E-state index contributed by atoms with van der Waals surface area (Å²) in [6.45, 7) is 4.19. The van der Waals surface area contributed by atoms with Crippen LogP contribution in [0, 0.1) is 0 Å². The molecule has 0 amide bonds. The highest BCUT2D eigenvalue weighted by Gasteiger charge is 2.24. The van der Waals surface area contributed by atoms with Gasteiger partial charge in [0, 0.05) is 12.7 Å². The number of ether oxygens (including phenoxy) is 1. The Balaban J connectivity index is 3.16. The highest BCUT2D eigenvalue weighted by molar-refractivity contribution is 6.37. The van der Waals surface area contributed by atoms with Crippen LogP contribution in [-0.4, -0.2) is 29.9 Å². The molecule has 108 valence electrons. The average Bonchev–Trinajstić information content (AvgIpc) is 2.42. The normalized spacial score (nSPS) is 11.1. The van der Waals surface area contributed by atoms with Gasteiger partial charge < -0.3 is 10.1 Å². The van der Waals surface area contributed by atoms with E-state index in [2.05, 4.69) is 10.3 Å². The number of carbonyl (C=O) groups excluding carboxylic acids is 2. The SMILES string of the molecule is CCNC=C(C(=O)OCC)C(=O)c1nc(Cl)ccc1Cl. The van der Waals surface area contributed by atoms with Gasteiger partial charge >= 0.3 is 5.97 Å². The van der Waals surface area contributed by atoms with Gasteiger partial charge in [0.05, 0.1) is 11.6 Å². The Labute approximate surface area is 126 Å². The monoisotopic (exact) mass is 316 g/mol. The lowest BCUT2D eigenvalue weighted by atomic mass is 10.1. The summed E-state index contributed by atoms with van der Waals surface area (Å²) in [7, 11) is 0. The summed E-state index contributed by atoms with van der Waals surface area (Å²) in [6, 6.07) is 2.90. The van der Waals surface area contributed by atoms with E-state index in [0.717, 1.165) is 0 Å². The van der Waals surface area contributed by atoms with Crippen molar-refractivity contribution in [1.29, 1.82) is 0 Å². The minimum Gasteiger partial charge on any atom is -0.462 e. The number of nitrogens with zero attached hydrogens (tertiary/aromatic N) is 1. The number of Topliss-reactive ketones (excluding diaryl/α,β-unsaturated/α-hetero) is 1. The highest BCUT2D eigenvalue weighted by atomic mass is 35.5. The van der Waals surface area contributed by atoms with Crippen molar-refractivity contribution in [2.75, 3.05) is 13.2 Å². The van der Waals surface area contributed by atoms with Crippen molar-refractivity contribution in [3.8, 4) is 0 Å². The van der Waals surface area contributed by atoms with E-state index in [0.29, 0.717) is 6.54 Å². The van der Waals surface area contributed by atoms with Crippen LogP contribution in [0.15, 0.2) is 23.9 Å².